The minimum absolute atomic E-state index is 0.246. The second-order valence-electron chi connectivity index (χ2n) is 7.52. The molecule has 180 valence electrons. The molecule has 1 amide bonds. The van der Waals surface area contributed by atoms with E-state index >= 15 is 0 Å². The summed E-state index contributed by atoms with van der Waals surface area (Å²) in [5, 5.41) is 6.21. The number of ether oxygens (including phenoxy) is 3. The van der Waals surface area contributed by atoms with Gasteiger partial charge < -0.3 is 29.8 Å². The number of methoxy groups -OCH3 is 2. The summed E-state index contributed by atoms with van der Waals surface area (Å²) >= 11 is 0. The minimum atomic E-state index is -0.450. The zero-order valence-electron chi connectivity index (χ0n) is 20.0. The zero-order chi connectivity index (χ0) is 24.5. The number of carbonyl (C=O) groups is 2. The number of esters is 1. The van der Waals surface area contributed by atoms with Crippen molar-refractivity contribution in [2.75, 3.05) is 26.1 Å². The van der Waals surface area contributed by atoms with E-state index in [9.17, 15) is 9.59 Å². The largest absolute Gasteiger partial charge is 0.497 e. The predicted molar refractivity (Wildman–Crippen MR) is 131 cm³/mol. The summed E-state index contributed by atoms with van der Waals surface area (Å²) in [7, 11) is 3.21. The Morgan fingerprint density at radius 2 is 1.68 bits per heavy atom. The highest BCUT2D eigenvalue weighted by atomic mass is 16.5. The number of aromatic nitrogens is 1. The van der Waals surface area contributed by atoms with Crippen molar-refractivity contribution >= 4 is 17.6 Å². The highest BCUT2D eigenvalue weighted by molar-refractivity contribution is 6.00. The summed E-state index contributed by atoms with van der Waals surface area (Å²) in [5.74, 6) is 0.730. The molecule has 34 heavy (non-hydrogen) atoms. The lowest BCUT2D eigenvalue weighted by atomic mass is 10.1. The summed E-state index contributed by atoms with van der Waals surface area (Å²) in [6.45, 7) is 4.55. The first-order valence-corrected chi connectivity index (χ1v) is 11.2. The first-order chi connectivity index (χ1) is 16.5. The lowest BCUT2D eigenvalue weighted by Gasteiger charge is -2.09. The van der Waals surface area contributed by atoms with Gasteiger partial charge in [0.05, 0.1) is 32.9 Å². The molecule has 0 bridgehead atoms. The van der Waals surface area contributed by atoms with Gasteiger partial charge in [0.2, 0.25) is 0 Å². The molecule has 0 fully saturated rings. The summed E-state index contributed by atoms with van der Waals surface area (Å²) in [6.07, 6.45) is 0.495. The first kappa shape index (κ1) is 24.7. The third kappa shape index (κ3) is 5.89. The third-order valence-electron chi connectivity index (χ3n) is 5.39. The number of H-pyrrole nitrogens is 1. The number of hydrogen-bond acceptors (Lipinski definition) is 6. The average molecular weight is 466 g/mol. The van der Waals surface area contributed by atoms with Crippen LogP contribution < -0.4 is 20.1 Å². The minimum Gasteiger partial charge on any atom is -0.497 e. The Morgan fingerprint density at radius 1 is 0.941 bits per heavy atom. The zero-order valence-corrected chi connectivity index (χ0v) is 20.0. The fourth-order valence-corrected chi connectivity index (χ4v) is 3.68. The number of nitrogens with one attached hydrogen (secondary N) is 3. The molecule has 0 aliphatic heterocycles. The molecule has 8 nitrogen and oxygen atoms in total. The van der Waals surface area contributed by atoms with Crippen molar-refractivity contribution in [2.24, 2.45) is 0 Å². The van der Waals surface area contributed by atoms with Crippen LogP contribution in [0.15, 0.2) is 48.5 Å². The van der Waals surface area contributed by atoms with E-state index in [1.54, 1.807) is 21.1 Å². The monoisotopic (exact) mass is 465 g/mol. The average Bonchev–Trinajstić information content (AvgIpc) is 3.25. The SMILES string of the molecule is CCOC(=O)c1c(CNc2ccc(OC)cc2)[nH]c(C(=O)NCc2cccc(OC)c2)c1CC. The van der Waals surface area contributed by atoms with Crippen molar-refractivity contribution < 1.29 is 23.8 Å². The topological polar surface area (TPSA) is 102 Å². The van der Waals surface area contributed by atoms with E-state index in [2.05, 4.69) is 15.6 Å². The molecule has 3 N–H and O–H groups in total. The molecule has 0 saturated heterocycles. The van der Waals surface area contributed by atoms with Crippen LogP contribution in [0.2, 0.25) is 0 Å². The summed E-state index contributed by atoms with van der Waals surface area (Å²) in [6, 6.07) is 14.9. The maximum Gasteiger partial charge on any atom is 0.340 e. The molecule has 0 unspecified atom stereocenters. The molecule has 0 saturated carbocycles. The second-order valence-corrected chi connectivity index (χ2v) is 7.52. The lowest BCUT2D eigenvalue weighted by molar-refractivity contribution is 0.0524. The molecule has 0 aliphatic carbocycles. The van der Waals surface area contributed by atoms with Crippen molar-refractivity contribution in [1.29, 1.82) is 0 Å². The number of amides is 1. The van der Waals surface area contributed by atoms with Crippen LogP contribution in [0.25, 0.3) is 0 Å². The predicted octanol–water partition coefficient (Wildman–Crippen LogP) is 4.31. The molecule has 3 rings (SSSR count). The van der Waals surface area contributed by atoms with Crippen LogP contribution >= 0.6 is 0 Å². The van der Waals surface area contributed by atoms with E-state index in [-0.39, 0.29) is 12.5 Å². The van der Waals surface area contributed by atoms with Crippen molar-refractivity contribution in [3.05, 3.63) is 76.6 Å². The Balaban J connectivity index is 1.83. The van der Waals surface area contributed by atoms with Crippen LogP contribution in [-0.4, -0.2) is 37.7 Å². The standard InChI is InChI=1S/C26H31N3O5/c1-5-21-23(26(31)34-6-2)22(16-27-18-10-12-19(32-3)13-11-18)29-24(21)25(30)28-15-17-8-7-9-20(14-17)33-4/h7-14,27,29H,5-6,15-16H2,1-4H3,(H,28,30). The fraction of sp³-hybridized carbons (Fsp3) is 0.308. The summed E-state index contributed by atoms with van der Waals surface area (Å²) < 4.78 is 15.7. The quantitative estimate of drug-likeness (QED) is 0.365. The van der Waals surface area contributed by atoms with Gasteiger partial charge in [-0.3, -0.25) is 4.79 Å². The molecule has 1 heterocycles. The maximum atomic E-state index is 13.1. The van der Waals surface area contributed by atoms with Gasteiger partial charge in [0.25, 0.3) is 5.91 Å². The van der Waals surface area contributed by atoms with Crippen LogP contribution in [-0.2, 0) is 24.2 Å². The van der Waals surface area contributed by atoms with E-state index in [1.807, 2.05) is 55.5 Å². The number of benzene rings is 2. The maximum absolute atomic E-state index is 13.1. The first-order valence-electron chi connectivity index (χ1n) is 11.2. The van der Waals surface area contributed by atoms with Crippen molar-refractivity contribution in [2.45, 2.75) is 33.4 Å². The Bertz CT molecular complexity index is 1120. The normalized spacial score (nSPS) is 10.5. The van der Waals surface area contributed by atoms with Crippen LogP contribution in [0, 0.1) is 0 Å². The number of aromatic amines is 1. The molecule has 1 aromatic heterocycles. The van der Waals surface area contributed by atoms with E-state index in [0.29, 0.717) is 42.0 Å². The molecule has 2 aromatic carbocycles. The summed E-state index contributed by atoms with van der Waals surface area (Å²) in [5.41, 5.74) is 3.75. The molecule has 0 atom stereocenters. The highest BCUT2D eigenvalue weighted by Crippen LogP contribution is 2.24. The number of hydrogen-bond donors (Lipinski definition) is 3. The van der Waals surface area contributed by atoms with Gasteiger partial charge in [-0.1, -0.05) is 19.1 Å². The molecular weight excluding hydrogens is 434 g/mol. The van der Waals surface area contributed by atoms with Gasteiger partial charge in [-0.05, 0) is 60.9 Å². The van der Waals surface area contributed by atoms with Gasteiger partial charge in [-0.25, -0.2) is 4.79 Å². The van der Waals surface area contributed by atoms with Crippen LogP contribution in [0.3, 0.4) is 0 Å². The number of anilines is 1. The van der Waals surface area contributed by atoms with E-state index in [1.165, 1.54) is 0 Å². The van der Waals surface area contributed by atoms with Gasteiger partial charge in [-0.15, -0.1) is 0 Å². The van der Waals surface area contributed by atoms with Crippen molar-refractivity contribution in [1.82, 2.24) is 10.3 Å². The Morgan fingerprint density at radius 3 is 2.32 bits per heavy atom. The Labute approximate surface area is 199 Å². The molecular formula is C26H31N3O5. The van der Waals surface area contributed by atoms with Crippen LogP contribution in [0.1, 0.15) is 51.5 Å². The van der Waals surface area contributed by atoms with Crippen molar-refractivity contribution in [3.63, 3.8) is 0 Å². The number of rotatable bonds is 11. The van der Waals surface area contributed by atoms with Gasteiger partial charge in [0.1, 0.15) is 17.2 Å². The lowest BCUT2D eigenvalue weighted by Crippen LogP contribution is -2.24. The number of carbonyl (C=O) groups excluding carboxylic acids is 2. The second kappa shape index (κ2) is 11.8. The smallest absolute Gasteiger partial charge is 0.340 e. The molecule has 8 heteroatoms. The van der Waals surface area contributed by atoms with Gasteiger partial charge in [0.15, 0.2) is 0 Å². The molecule has 0 aliphatic rings. The molecule has 0 radical (unpaired) electrons. The van der Waals surface area contributed by atoms with Crippen LogP contribution in [0.4, 0.5) is 5.69 Å². The molecule has 0 spiro atoms. The highest BCUT2D eigenvalue weighted by Gasteiger charge is 2.26. The van der Waals surface area contributed by atoms with Gasteiger partial charge in [-0.2, -0.15) is 0 Å². The third-order valence-corrected chi connectivity index (χ3v) is 5.39. The Kier molecular flexibility index (Phi) is 8.56. The van der Waals surface area contributed by atoms with E-state index in [0.717, 1.165) is 22.7 Å². The van der Waals surface area contributed by atoms with Gasteiger partial charge in [0, 0.05) is 17.9 Å². The summed E-state index contributed by atoms with van der Waals surface area (Å²) in [4.78, 5) is 29.0. The molecule has 3 aromatic rings. The van der Waals surface area contributed by atoms with Gasteiger partial charge >= 0.3 is 5.97 Å². The fourth-order valence-electron chi connectivity index (χ4n) is 3.68. The Hall–Kier alpha value is -3.94. The van der Waals surface area contributed by atoms with Crippen molar-refractivity contribution in [3.8, 4) is 11.5 Å². The van der Waals surface area contributed by atoms with E-state index < -0.39 is 5.97 Å². The van der Waals surface area contributed by atoms with E-state index in [4.69, 9.17) is 14.2 Å². The van der Waals surface area contributed by atoms with Crippen LogP contribution in [0.5, 0.6) is 11.5 Å².